The lowest BCUT2D eigenvalue weighted by Crippen LogP contribution is -2.50. The molecule has 5 heterocycles. The number of halogens is 3. The van der Waals surface area contributed by atoms with E-state index in [0.29, 0.717) is 48.5 Å². The third-order valence-corrected chi connectivity index (χ3v) is 8.32. The number of nitrogens with zero attached hydrogens (tertiary/aromatic N) is 8. The van der Waals surface area contributed by atoms with Crippen molar-refractivity contribution in [3.8, 4) is 11.5 Å². The SMILES string of the molecule is O=C(Nc1ccc2oc(-c3ccnc(C(=O)N4CCN([C@@H](c5ccsc5)c5nnn(C(F)F)n5)CC4)c3)nc2c1)C1CC1F. The van der Waals surface area contributed by atoms with Gasteiger partial charge >= 0.3 is 6.55 Å². The standard InChI is InChI=1S/C28H24F3N9O3S/c29-19-13-18(19)25(41)33-17-1-2-22-20(12-17)34-26(43-22)15-3-5-32-21(11-15)27(42)39-8-6-38(7-9-39)23(16-4-10-44-14-16)24-35-37-40(36-24)28(30)31/h1-5,10-12,14,18-19,23,28H,6-9,13H2,(H,33,41)/t18?,19?,23-/m0/s1. The molecule has 2 amide bonds. The Balaban J connectivity index is 1.04. The van der Waals surface area contributed by atoms with Crippen molar-refractivity contribution in [2.24, 2.45) is 5.92 Å². The first-order chi connectivity index (χ1) is 21.3. The van der Waals surface area contributed by atoms with Crippen LogP contribution in [0, 0.1) is 5.92 Å². The van der Waals surface area contributed by atoms with Crippen molar-refractivity contribution in [2.45, 2.75) is 25.2 Å². The summed E-state index contributed by atoms with van der Waals surface area (Å²) in [5.74, 6) is -0.797. The largest absolute Gasteiger partial charge is 0.436 e. The van der Waals surface area contributed by atoms with E-state index in [-0.39, 0.29) is 40.4 Å². The maximum Gasteiger partial charge on any atom is 0.350 e. The molecule has 0 bridgehead atoms. The van der Waals surface area contributed by atoms with Crippen LogP contribution < -0.4 is 5.32 Å². The van der Waals surface area contributed by atoms with Crippen LogP contribution in [0.1, 0.15) is 40.9 Å². The van der Waals surface area contributed by atoms with Crippen molar-refractivity contribution in [3.63, 3.8) is 0 Å². The van der Waals surface area contributed by atoms with Crippen molar-refractivity contribution in [1.29, 1.82) is 0 Å². The number of hydrogen-bond acceptors (Lipinski definition) is 10. The van der Waals surface area contributed by atoms with E-state index < -0.39 is 24.7 Å². The Hall–Kier alpha value is -4.70. The number of alkyl halides is 3. The van der Waals surface area contributed by atoms with Crippen LogP contribution in [0.25, 0.3) is 22.6 Å². The van der Waals surface area contributed by atoms with Gasteiger partial charge in [-0.05, 0) is 64.4 Å². The molecule has 5 aromatic rings. The van der Waals surface area contributed by atoms with Gasteiger partial charge in [0.25, 0.3) is 5.91 Å². The van der Waals surface area contributed by atoms with Crippen molar-refractivity contribution >= 4 is 39.9 Å². The van der Waals surface area contributed by atoms with Crippen LogP contribution in [-0.4, -0.2) is 84.1 Å². The van der Waals surface area contributed by atoms with Crippen LogP contribution >= 0.6 is 11.3 Å². The number of anilines is 1. The van der Waals surface area contributed by atoms with Crippen molar-refractivity contribution in [1.82, 2.24) is 40.0 Å². The number of benzene rings is 1. The summed E-state index contributed by atoms with van der Waals surface area (Å²) in [4.78, 5) is 38.4. The van der Waals surface area contributed by atoms with E-state index in [1.807, 2.05) is 21.7 Å². The average Bonchev–Trinajstić information content (AvgIpc) is 3.48. The summed E-state index contributed by atoms with van der Waals surface area (Å²) < 4.78 is 45.4. The van der Waals surface area contributed by atoms with E-state index in [1.54, 1.807) is 35.2 Å². The lowest BCUT2D eigenvalue weighted by molar-refractivity contribution is -0.117. The highest BCUT2D eigenvalue weighted by Gasteiger charge is 2.43. The summed E-state index contributed by atoms with van der Waals surface area (Å²) >= 11 is 1.48. The quantitative estimate of drug-likeness (QED) is 0.270. The van der Waals surface area contributed by atoms with Crippen LogP contribution in [-0.2, 0) is 4.79 Å². The second-order valence-electron chi connectivity index (χ2n) is 10.5. The zero-order valence-electron chi connectivity index (χ0n) is 22.9. The number of rotatable bonds is 8. The average molecular weight is 624 g/mol. The third-order valence-electron chi connectivity index (χ3n) is 7.62. The Morgan fingerprint density at radius 3 is 2.61 bits per heavy atom. The van der Waals surface area contributed by atoms with E-state index >= 15 is 0 Å². The summed E-state index contributed by atoms with van der Waals surface area (Å²) in [7, 11) is 0. The summed E-state index contributed by atoms with van der Waals surface area (Å²) in [6, 6.07) is 9.68. The third kappa shape index (κ3) is 5.53. The number of piperazine rings is 1. The molecule has 12 nitrogen and oxygen atoms in total. The highest BCUT2D eigenvalue weighted by atomic mass is 32.1. The van der Waals surface area contributed by atoms with Crippen LogP contribution in [0.5, 0.6) is 0 Å². The number of amides is 2. The van der Waals surface area contributed by atoms with Gasteiger partial charge in [0.05, 0.1) is 5.92 Å². The number of oxazole rings is 1. The normalized spacial score (nSPS) is 19.4. The molecule has 2 unspecified atom stereocenters. The molecule has 0 spiro atoms. The summed E-state index contributed by atoms with van der Waals surface area (Å²) in [5.41, 5.74) is 3.09. The van der Waals surface area contributed by atoms with Gasteiger partial charge in [-0.3, -0.25) is 19.5 Å². The second-order valence-corrected chi connectivity index (χ2v) is 11.3. The van der Waals surface area contributed by atoms with Gasteiger partial charge in [-0.2, -0.15) is 20.1 Å². The molecule has 4 aromatic heterocycles. The molecule has 16 heteroatoms. The lowest BCUT2D eigenvalue weighted by atomic mass is 10.1. The molecule has 1 aliphatic carbocycles. The fourth-order valence-corrected chi connectivity index (χ4v) is 5.89. The molecule has 1 saturated carbocycles. The molecule has 3 atom stereocenters. The van der Waals surface area contributed by atoms with Crippen LogP contribution in [0.15, 0.2) is 57.8 Å². The van der Waals surface area contributed by atoms with E-state index in [1.165, 1.54) is 17.5 Å². The van der Waals surface area contributed by atoms with E-state index in [0.717, 1.165) is 5.56 Å². The number of tetrazole rings is 1. The molecule has 1 aromatic carbocycles. The molecule has 0 radical (unpaired) electrons. The monoisotopic (exact) mass is 623 g/mol. The van der Waals surface area contributed by atoms with E-state index in [9.17, 15) is 22.8 Å². The zero-order chi connectivity index (χ0) is 30.4. The Morgan fingerprint density at radius 2 is 1.91 bits per heavy atom. The Labute approximate surface area is 251 Å². The Kier molecular flexibility index (Phi) is 7.29. The number of pyridine rings is 1. The Bertz CT molecular complexity index is 1820. The first kappa shape index (κ1) is 28.1. The fraction of sp³-hybridized carbons (Fsp3) is 0.321. The topological polar surface area (TPSA) is 135 Å². The molecule has 2 aliphatic rings. The maximum absolute atomic E-state index is 13.4. The number of carbonyl (C=O) groups is 2. The summed E-state index contributed by atoms with van der Waals surface area (Å²) in [6.45, 7) is -1.25. The van der Waals surface area contributed by atoms with Gasteiger partial charge < -0.3 is 14.6 Å². The number of nitrogens with one attached hydrogen (secondary N) is 1. The first-order valence-corrected chi connectivity index (χ1v) is 14.7. The van der Waals surface area contributed by atoms with Crippen molar-refractivity contribution < 1.29 is 27.2 Å². The van der Waals surface area contributed by atoms with Crippen LogP contribution in [0.4, 0.5) is 18.9 Å². The molecule has 7 rings (SSSR count). The molecule has 1 aliphatic heterocycles. The highest BCUT2D eigenvalue weighted by molar-refractivity contribution is 7.08. The van der Waals surface area contributed by atoms with E-state index in [4.69, 9.17) is 4.42 Å². The predicted octanol–water partition coefficient (Wildman–Crippen LogP) is 4.18. The van der Waals surface area contributed by atoms with E-state index in [2.05, 4.69) is 30.7 Å². The highest BCUT2D eigenvalue weighted by Crippen LogP contribution is 2.35. The maximum atomic E-state index is 13.4. The Morgan fingerprint density at radius 1 is 1.09 bits per heavy atom. The molecule has 1 N–H and O–H groups in total. The smallest absolute Gasteiger partial charge is 0.350 e. The van der Waals surface area contributed by atoms with Crippen molar-refractivity contribution in [2.75, 3.05) is 31.5 Å². The molecule has 226 valence electrons. The minimum atomic E-state index is -2.89. The number of carbonyl (C=O) groups excluding carboxylic acids is 2. The molecule has 44 heavy (non-hydrogen) atoms. The van der Waals surface area contributed by atoms with Crippen LogP contribution in [0.2, 0.25) is 0 Å². The van der Waals surface area contributed by atoms with Gasteiger partial charge in [-0.15, -0.1) is 10.2 Å². The summed E-state index contributed by atoms with van der Waals surface area (Å²) in [5, 5.41) is 17.8. The molecule has 2 fully saturated rings. The fourth-order valence-electron chi connectivity index (χ4n) is 5.21. The minimum absolute atomic E-state index is 0.169. The van der Waals surface area contributed by atoms with Gasteiger partial charge in [0.15, 0.2) is 11.4 Å². The van der Waals surface area contributed by atoms with Gasteiger partial charge in [0, 0.05) is 43.6 Å². The predicted molar refractivity (Wildman–Crippen MR) is 152 cm³/mol. The van der Waals surface area contributed by atoms with Gasteiger partial charge in [0.1, 0.15) is 23.4 Å². The van der Waals surface area contributed by atoms with Gasteiger partial charge in [0.2, 0.25) is 11.8 Å². The number of thiophene rings is 1. The number of hydrogen-bond donors (Lipinski definition) is 1. The second kappa shape index (κ2) is 11.4. The van der Waals surface area contributed by atoms with Gasteiger partial charge in [-0.1, -0.05) is 4.80 Å². The van der Waals surface area contributed by atoms with Crippen LogP contribution in [0.3, 0.4) is 0 Å². The number of aromatic nitrogens is 6. The first-order valence-electron chi connectivity index (χ1n) is 13.8. The summed E-state index contributed by atoms with van der Waals surface area (Å²) in [6.07, 6.45) is 0.655. The molecule has 1 saturated heterocycles. The van der Waals surface area contributed by atoms with Gasteiger partial charge in [-0.25, -0.2) is 9.37 Å². The zero-order valence-corrected chi connectivity index (χ0v) is 23.7. The number of fused-ring (bicyclic) bond motifs is 1. The lowest BCUT2D eigenvalue weighted by Gasteiger charge is -2.38. The molecular weight excluding hydrogens is 599 g/mol. The minimum Gasteiger partial charge on any atom is -0.436 e. The van der Waals surface area contributed by atoms with Crippen molar-refractivity contribution in [3.05, 3.63) is 70.4 Å². The molecular formula is C28H24F3N9O3S.